The van der Waals surface area contributed by atoms with Crippen molar-refractivity contribution in [1.29, 1.82) is 0 Å². The van der Waals surface area contributed by atoms with Gasteiger partial charge >= 0.3 is 5.97 Å². The third kappa shape index (κ3) is 2.61. The first kappa shape index (κ1) is 12.0. The number of ketones is 2. The van der Waals surface area contributed by atoms with Gasteiger partial charge in [-0.15, -0.1) is 11.3 Å². The van der Waals surface area contributed by atoms with Gasteiger partial charge < -0.3 is 5.11 Å². The van der Waals surface area contributed by atoms with Gasteiger partial charge in [0.05, 0.1) is 11.3 Å². The molecule has 4 nitrogen and oxygen atoms in total. The van der Waals surface area contributed by atoms with Crippen LogP contribution < -0.4 is 0 Å². The lowest BCUT2D eigenvalue weighted by atomic mass is 9.97. The summed E-state index contributed by atoms with van der Waals surface area (Å²) >= 11 is 1.34. The van der Waals surface area contributed by atoms with Gasteiger partial charge in [-0.25, -0.2) is 0 Å². The first-order valence-corrected chi connectivity index (χ1v) is 6.30. The average Bonchev–Trinajstić information content (AvgIpc) is 2.71. The van der Waals surface area contributed by atoms with Gasteiger partial charge in [0.15, 0.2) is 11.6 Å². The molecule has 90 valence electrons. The maximum absolute atomic E-state index is 11.7. The van der Waals surface area contributed by atoms with E-state index in [2.05, 4.69) is 0 Å². The van der Waals surface area contributed by atoms with Crippen molar-refractivity contribution < 1.29 is 19.5 Å². The van der Waals surface area contributed by atoms with E-state index in [9.17, 15) is 14.4 Å². The van der Waals surface area contributed by atoms with Crippen LogP contribution in [0.25, 0.3) is 0 Å². The van der Waals surface area contributed by atoms with E-state index in [4.69, 9.17) is 5.11 Å². The highest BCUT2D eigenvalue weighted by Crippen LogP contribution is 2.30. The molecule has 1 aromatic heterocycles. The van der Waals surface area contributed by atoms with Crippen molar-refractivity contribution in [2.45, 2.75) is 32.1 Å². The number of carboxylic acid groups (broad SMARTS) is 1. The Morgan fingerprint density at radius 3 is 2.71 bits per heavy atom. The molecule has 1 aliphatic carbocycles. The highest BCUT2D eigenvalue weighted by Gasteiger charge is 2.22. The van der Waals surface area contributed by atoms with Crippen LogP contribution in [0.2, 0.25) is 0 Å². The second-order valence-electron chi connectivity index (χ2n) is 4.04. The van der Waals surface area contributed by atoms with Crippen LogP contribution in [-0.2, 0) is 11.2 Å². The van der Waals surface area contributed by atoms with Gasteiger partial charge in [-0.1, -0.05) is 0 Å². The molecule has 5 heteroatoms. The van der Waals surface area contributed by atoms with Gasteiger partial charge in [0.1, 0.15) is 0 Å². The molecule has 0 aliphatic heterocycles. The molecule has 0 aromatic carbocycles. The standard InChI is InChI=1S/C12H12O4S/c13-8-2-1-3-10-7(8)6-11(17-10)9(14)4-5-12(15)16/h6H,1-5H2,(H,15,16). The predicted molar refractivity (Wildman–Crippen MR) is 62.8 cm³/mol. The summed E-state index contributed by atoms with van der Waals surface area (Å²) in [6, 6.07) is 1.63. The van der Waals surface area contributed by atoms with E-state index in [-0.39, 0.29) is 24.4 Å². The summed E-state index contributed by atoms with van der Waals surface area (Å²) in [6.07, 6.45) is 2.08. The molecule has 17 heavy (non-hydrogen) atoms. The smallest absolute Gasteiger partial charge is 0.303 e. The first-order valence-electron chi connectivity index (χ1n) is 5.49. The Balaban J connectivity index is 2.14. The van der Waals surface area contributed by atoms with Gasteiger partial charge in [-0.05, 0) is 18.9 Å². The second kappa shape index (κ2) is 4.79. The zero-order valence-electron chi connectivity index (χ0n) is 9.19. The Morgan fingerprint density at radius 2 is 2.06 bits per heavy atom. The maximum atomic E-state index is 11.7. The number of carboxylic acids is 1. The fourth-order valence-electron chi connectivity index (χ4n) is 1.88. The lowest BCUT2D eigenvalue weighted by Gasteiger charge is -2.07. The Kier molecular flexibility index (Phi) is 3.38. The van der Waals surface area contributed by atoms with E-state index >= 15 is 0 Å². The molecule has 0 spiro atoms. The molecular formula is C12H12O4S. The van der Waals surface area contributed by atoms with Crippen molar-refractivity contribution in [2.75, 3.05) is 0 Å². The molecule has 0 atom stereocenters. The van der Waals surface area contributed by atoms with Gasteiger partial charge in [0.2, 0.25) is 0 Å². The fraction of sp³-hybridized carbons (Fsp3) is 0.417. The number of carbonyl (C=O) groups excluding carboxylic acids is 2. The van der Waals surface area contributed by atoms with Crippen molar-refractivity contribution in [3.05, 3.63) is 21.4 Å². The van der Waals surface area contributed by atoms with E-state index < -0.39 is 5.97 Å². The molecule has 0 saturated heterocycles. The molecule has 0 amide bonds. The van der Waals surface area contributed by atoms with Crippen molar-refractivity contribution in [1.82, 2.24) is 0 Å². The number of hydrogen-bond donors (Lipinski definition) is 1. The molecule has 0 bridgehead atoms. The Bertz CT molecular complexity index is 487. The Labute approximate surface area is 102 Å². The first-order chi connectivity index (χ1) is 8.08. The van der Waals surface area contributed by atoms with Crippen molar-refractivity contribution >= 4 is 28.9 Å². The van der Waals surface area contributed by atoms with Crippen LogP contribution in [-0.4, -0.2) is 22.6 Å². The maximum Gasteiger partial charge on any atom is 0.303 e. The number of aryl methyl sites for hydroxylation is 1. The van der Waals surface area contributed by atoms with Crippen molar-refractivity contribution in [2.24, 2.45) is 0 Å². The highest BCUT2D eigenvalue weighted by atomic mass is 32.1. The largest absolute Gasteiger partial charge is 0.481 e. The summed E-state index contributed by atoms with van der Waals surface area (Å²) in [5.41, 5.74) is 0.667. The average molecular weight is 252 g/mol. The molecule has 1 aromatic rings. The summed E-state index contributed by atoms with van der Waals surface area (Å²) in [5.74, 6) is -1.06. The van der Waals surface area contributed by atoms with E-state index in [0.717, 1.165) is 17.7 Å². The zero-order valence-corrected chi connectivity index (χ0v) is 10.0. The number of rotatable bonds is 4. The van der Waals surface area contributed by atoms with Crippen LogP contribution in [0.1, 0.15) is 50.6 Å². The molecule has 0 saturated carbocycles. The predicted octanol–water partition coefficient (Wildman–Crippen LogP) is 2.31. The lowest BCUT2D eigenvalue weighted by Crippen LogP contribution is -2.07. The van der Waals surface area contributed by atoms with Gasteiger partial charge in [0, 0.05) is 23.3 Å². The van der Waals surface area contributed by atoms with Crippen LogP contribution >= 0.6 is 11.3 Å². The van der Waals surface area contributed by atoms with Gasteiger partial charge in [-0.2, -0.15) is 0 Å². The van der Waals surface area contributed by atoms with E-state index in [1.807, 2.05) is 0 Å². The van der Waals surface area contributed by atoms with Crippen LogP contribution in [0.5, 0.6) is 0 Å². The van der Waals surface area contributed by atoms with Gasteiger partial charge in [-0.3, -0.25) is 14.4 Å². The molecule has 2 rings (SSSR count). The van der Waals surface area contributed by atoms with Crippen LogP contribution in [0.3, 0.4) is 0 Å². The summed E-state index contributed by atoms with van der Waals surface area (Å²) in [5, 5.41) is 8.51. The van der Waals surface area contributed by atoms with Crippen LogP contribution in [0.15, 0.2) is 6.07 Å². The van der Waals surface area contributed by atoms with E-state index in [1.54, 1.807) is 6.07 Å². The summed E-state index contributed by atoms with van der Waals surface area (Å²) < 4.78 is 0. The molecule has 0 radical (unpaired) electrons. The van der Waals surface area contributed by atoms with Crippen LogP contribution in [0.4, 0.5) is 0 Å². The molecule has 1 heterocycles. The minimum Gasteiger partial charge on any atom is -0.481 e. The SMILES string of the molecule is O=C(O)CCC(=O)c1cc2c(s1)CCCC2=O. The molecule has 0 fully saturated rings. The molecule has 1 aliphatic rings. The summed E-state index contributed by atoms with van der Waals surface area (Å²) in [6.45, 7) is 0. The molecular weight excluding hydrogens is 240 g/mol. The minimum atomic E-state index is -0.976. The normalized spacial score (nSPS) is 14.5. The Morgan fingerprint density at radius 1 is 1.29 bits per heavy atom. The summed E-state index contributed by atoms with van der Waals surface area (Å²) in [4.78, 5) is 35.2. The third-order valence-electron chi connectivity index (χ3n) is 2.76. The number of carbonyl (C=O) groups is 3. The lowest BCUT2D eigenvalue weighted by molar-refractivity contribution is -0.136. The number of hydrogen-bond acceptors (Lipinski definition) is 4. The van der Waals surface area contributed by atoms with E-state index in [0.29, 0.717) is 16.9 Å². The van der Waals surface area contributed by atoms with Crippen LogP contribution in [0, 0.1) is 0 Å². The number of thiophene rings is 1. The van der Waals surface area contributed by atoms with Gasteiger partial charge in [0.25, 0.3) is 0 Å². The van der Waals surface area contributed by atoms with Crippen molar-refractivity contribution in [3.63, 3.8) is 0 Å². The summed E-state index contributed by atoms with van der Waals surface area (Å²) in [7, 11) is 0. The van der Waals surface area contributed by atoms with Crippen molar-refractivity contribution in [3.8, 4) is 0 Å². The zero-order chi connectivity index (χ0) is 12.4. The fourth-order valence-corrected chi connectivity index (χ4v) is 3.06. The second-order valence-corrected chi connectivity index (χ2v) is 5.18. The number of fused-ring (bicyclic) bond motifs is 1. The molecule has 0 unspecified atom stereocenters. The van der Waals surface area contributed by atoms with E-state index in [1.165, 1.54) is 11.3 Å². The Hall–Kier alpha value is -1.49. The number of aliphatic carboxylic acids is 1. The third-order valence-corrected chi connectivity index (χ3v) is 3.99. The molecule has 1 N–H and O–H groups in total. The monoisotopic (exact) mass is 252 g/mol. The number of Topliss-reactive ketones (excluding diaryl/α,β-unsaturated/α-hetero) is 2. The quantitative estimate of drug-likeness (QED) is 0.835. The highest BCUT2D eigenvalue weighted by molar-refractivity contribution is 7.14. The topological polar surface area (TPSA) is 71.4 Å². The minimum absolute atomic E-state index is 0.00289.